The van der Waals surface area contributed by atoms with E-state index in [9.17, 15) is 4.79 Å². The van der Waals surface area contributed by atoms with Gasteiger partial charge in [-0.2, -0.15) is 0 Å². The largest absolute Gasteiger partial charge is 0.466 e. The summed E-state index contributed by atoms with van der Waals surface area (Å²) < 4.78 is 4.90. The monoisotopic (exact) mass is 172 g/mol. The van der Waals surface area contributed by atoms with Crippen LogP contribution in [0, 0.1) is 5.92 Å². The molecule has 0 radical (unpaired) electrons. The average molecular weight is 172 g/mol. The van der Waals surface area contributed by atoms with E-state index in [-0.39, 0.29) is 17.9 Å². The van der Waals surface area contributed by atoms with Gasteiger partial charge >= 0.3 is 5.97 Å². The lowest BCUT2D eigenvalue weighted by Crippen LogP contribution is -2.35. The Balaban J connectivity index is 2.46. The minimum atomic E-state index is -0.158. The highest BCUT2D eigenvalue weighted by atomic mass is 16.5. The quantitative estimate of drug-likeness (QED) is 0.567. The molecule has 12 heavy (non-hydrogen) atoms. The van der Waals surface area contributed by atoms with Gasteiger partial charge in [0.15, 0.2) is 0 Å². The van der Waals surface area contributed by atoms with Crippen LogP contribution in [0.2, 0.25) is 0 Å². The zero-order valence-electron chi connectivity index (χ0n) is 7.62. The van der Waals surface area contributed by atoms with Crippen molar-refractivity contribution < 1.29 is 9.53 Å². The van der Waals surface area contributed by atoms with E-state index in [4.69, 9.17) is 10.5 Å². The fourth-order valence-corrected chi connectivity index (χ4v) is 1.53. The summed E-state index contributed by atoms with van der Waals surface area (Å²) in [5.41, 5.74) is 5.76. The summed E-state index contributed by atoms with van der Waals surface area (Å²) in [6.45, 7) is 3.75. The number of hydrogen-bond acceptors (Lipinski definition) is 4. The van der Waals surface area contributed by atoms with E-state index in [0.29, 0.717) is 6.61 Å². The first kappa shape index (κ1) is 9.48. The molecule has 1 fully saturated rings. The molecule has 1 aliphatic rings. The van der Waals surface area contributed by atoms with Gasteiger partial charge in [0.05, 0.1) is 12.5 Å². The normalized spacial score (nSPS) is 30.6. The molecule has 1 heterocycles. The van der Waals surface area contributed by atoms with Gasteiger partial charge in [-0.1, -0.05) is 0 Å². The summed E-state index contributed by atoms with van der Waals surface area (Å²) in [5.74, 6) is -0.288. The van der Waals surface area contributed by atoms with Crippen LogP contribution in [0.25, 0.3) is 0 Å². The van der Waals surface area contributed by atoms with Crippen molar-refractivity contribution in [1.29, 1.82) is 0 Å². The Labute approximate surface area is 72.7 Å². The molecular formula is C8H16N2O2. The molecule has 2 N–H and O–H groups in total. The summed E-state index contributed by atoms with van der Waals surface area (Å²) in [4.78, 5) is 13.3. The van der Waals surface area contributed by atoms with Gasteiger partial charge in [0.1, 0.15) is 0 Å². The summed E-state index contributed by atoms with van der Waals surface area (Å²) in [5, 5.41) is 0. The molecule has 1 rings (SSSR count). The van der Waals surface area contributed by atoms with Gasteiger partial charge in [-0.15, -0.1) is 0 Å². The fraction of sp³-hybridized carbons (Fsp3) is 0.875. The predicted octanol–water partition coefficient (Wildman–Crippen LogP) is -0.562. The molecule has 1 aliphatic heterocycles. The van der Waals surface area contributed by atoms with Crippen LogP contribution in [0.5, 0.6) is 0 Å². The average Bonchev–Trinajstić information content (AvgIpc) is 2.30. The Morgan fingerprint density at radius 3 is 2.75 bits per heavy atom. The molecule has 1 saturated heterocycles. The molecule has 0 aromatic rings. The summed E-state index contributed by atoms with van der Waals surface area (Å²) in [7, 11) is 1.96. The van der Waals surface area contributed by atoms with Crippen molar-refractivity contribution in [1.82, 2.24) is 4.90 Å². The molecule has 0 bridgehead atoms. The molecule has 0 amide bonds. The third-order valence-electron chi connectivity index (χ3n) is 2.14. The fourth-order valence-electron chi connectivity index (χ4n) is 1.53. The van der Waals surface area contributed by atoms with Gasteiger partial charge in [0.2, 0.25) is 0 Å². The van der Waals surface area contributed by atoms with Gasteiger partial charge in [0, 0.05) is 19.1 Å². The van der Waals surface area contributed by atoms with Crippen LogP contribution in [0.4, 0.5) is 0 Å². The number of carbonyl (C=O) groups excluding carboxylic acids is 1. The first-order valence-corrected chi connectivity index (χ1v) is 4.26. The number of likely N-dealkylation sites (N-methyl/N-ethyl adjacent to an activating group) is 1. The highest BCUT2D eigenvalue weighted by molar-refractivity contribution is 5.74. The second kappa shape index (κ2) is 3.87. The van der Waals surface area contributed by atoms with E-state index < -0.39 is 0 Å². The summed E-state index contributed by atoms with van der Waals surface area (Å²) in [6.07, 6.45) is 0. The summed E-state index contributed by atoms with van der Waals surface area (Å²) in [6, 6.07) is -0.0611. The Morgan fingerprint density at radius 1 is 1.67 bits per heavy atom. The third-order valence-corrected chi connectivity index (χ3v) is 2.14. The Morgan fingerprint density at radius 2 is 2.33 bits per heavy atom. The lowest BCUT2D eigenvalue weighted by molar-refractivity contribution is -0.147. The number of nitrogens with zero attached hydrogens (tertiary/aromatic N) is 1. The number of nitrogens with two attached hydrogens (primary N) is 1. The molecule has 4 nitrogen and oxygen atoms in total. The van der Waals surface area contributed by atoms with E-state index in [0.717, 1.165) is 13.1 Å². The lowest BCUT2D eigenvalue weighted by Gasteiger charge is -2.11. The molecule has 0 spiro atoms. The van der Waals surface area contributed by atoms with Crippen LogP contribution < -0.4 is 5.73 Å². The zero-order valence-corrected chi connectivity index (χ0v) is 7.62. The number of carbonyl (C=O) groups is 1. The van der Waals surface area contributed by atoms with Crippen molar-refractivity contribution in [3.05, 3.63) is 0 Å². The van der Waals surface area contributed by atoms with Crippen LogP contribution in [-0.2, 0) is 9.53 Å². The molecule has 0 unspecified atom stereocenters. The van der Waals surface area contributed by atoms with Gasteiger partial charge < -0.3 is 15.4 Å². The molecule has 4 heteroatoms. The smallest absolute Gasteiger partial charge is 0.311 e. The van der Waals surface area contributed by atoms with Gasteiger partial charge in [-0.3, -0.25) is 4.79 Å². The second-order valence-corrected chi connectivity index (χ2v) is 3.24. The highest BCUT2D eigenvalue weighted by Crippen LogP contribution is 2.14. The van der Waals surface area contributed by atoms with Crippen molar-refractivity contribution in [3.63, 3.8) is 0 Å². The summed E-state index contributed by atoms with van der Waals surface area (Å²) >= 11 is 0. The van der Waals surface area contributed by atoms with Crippen molar-refractivity contribution in [2.45, 2.75) is 13.0 Å². The minimum absolute atomic E-state index is 0.0611. The van der Waals surface area contributed by atoms with Gasteiger partial charge in [-0.25, -0.2) is 0 Å². The van der Waals surface area contributed by atoms with Crippen LogP contribution in [0.15, 0.2) is 0 Å². The van der Waals surface area contributed by atoms with E-state index in [1.54, 1.807) is 0 Å². The maximum atomic E-state index is 11.3. The molecular weight excluding hydrogens is 156 g/mol. The van der Waals surface area contributed by atoms with Crippen molar-refractivity contribution >= 4 is 5.97 Å². The van der Waals surface area contributed by atoms with E-state index >= 15 is 0 Å². The maximum absolute atomic E-state index is 11.3. The molecule has 0 aromatic heterocycles. The number of hydrogen-bond donors (Lipinski definition) is 1. The van der Waals surface area contributed by atoms with Gasteiger partial charge in [-0.05, 0) is 14.0 Å². The van der Waals surface area contributed by atoms with Crippen LogP contribution in [-0.4, -0.2) is 43.7 Å². The van der Waals surface area contributed by atoms with E-state index in [2.05, 4.69) is 0 Å². The number of esters is 1. The second-order valence-electron chi connectivity index (χ2n) is 3.24. The Bertz CT molecular complexity index is 172. The highest BCUT2D eigenvalue weighted by Gasteiger charge is 2.34. The Hall–Kier alpha value is -0.610. The topological polar surface area (TPSA) is 55.6 Å². The van der Waals surface area contributed by atoms with Gasteiger partial charge in [0.25, 0.3) is 0 Å². The van der Waals surface area contributed by atoms with Crippen LogP contribution >= 0.6 is 0 Å². The Kier molecular flexibility index (Phi) is 3.05. The van der Waals surface area contributed by atoms with E-state index in [1.807, 2.05) is 18.9 Å². The molecule has 0 aliphatic carbocycles. The third kappa shape index (κ3) is 1.95. The minimum Gasteiger partial charge on any atom is -0.466 e. The molecule has 0 saturated carbocycles. The van der Waals surface area contributed by atoms with Crippen molar-refractivity contribution in [2.24, 2.45) is 11.7 Å². The first-order valence-electron chi connectivity index (χ1n) is 4.26. The number of rotatable bonds is 2. The number of likely N-dealkylation sites (tertiary alicyclic amines) is 1. The zero-order chi connectivity index (χ0) is 9.14. The number of ether oxygens (including phenoxy) is 1. The molecule has 70 valence electrons. The SMILES string of the molecule is CCOC(=O)[C@@H]1CN(C)C[C@@H]1N. The standard InChI is InChI=1S/C8H16N2O2/c1-3-12-8(11)6-4-10(2)5-7(6)9/h6-7H,3-5,9H2,1-2H3/t6-,7+/m1/s1. The van der Waals surface area contributed by atoms with E-state index in [1.165, 1.54) is 0 Å². The molecule has 2 atom stereocenters. The first-order chi connectivity index (χ1) is 5.65. The van der Waals surface area contributed by atoms with Crippen molar-refractivity contribution in [3.8, 4) is 0 Å². The predicted molar refractivity (Wildman–Crippen MR) is 45.6 cm³/mol. The van der Waals surface area contributed by atoms with Crippen molar-refractivity contribution in [2.75, 3.05) is 26.7 Å². The lowest BCUT2D eigenvalue weighted by atomic mass is 10.1. The van der Waals surface area contributed by atoms with Crippen LogP contribution in [0.3, 0.4) is 0 Å². The maximum Gasteiger partial charge on any atom is 0.311 e. The van der Waals surface area contributed by atoms with Crippen LogP contribution in [0.1, 0.15) is 6.92 Å². The molecule has 0 aromatic carbocycles.